The van der Waals surface area contributed by atoms with Crippen LogP contribution >= 0.6 is 7.82 Å². The highest BCUT2D eigenvalue weighted by Gasteiger charge is 2.25. The van der Waals surface area contributed by atoms with Gasteiger partial charge < -0.3 is 18.9 Å². The molecule has 0 aromatic rings. The maximum Gasteiger partial charge on any atom is 0.472 e. The summed E-state index contributed by atoms with van der Waals surface area (Å²) in [7, 11) is 1.70. The van der Waals surface area contributed by atoms with Crippen molar-refractivity contribution in [3.63, 3.8) is 0 Å². The molecule has 0 spiro atoms. The van der Waals surface area contributed by atoms with Gasteiger partial charge in [-0.2, -0.15) is 0 Å². The molecule has 0 amide bonds. The number of carbonyl (C=O) groups excluding carboxylic acids is 1. The number of unbranched alkanes of at least 4 members (excludes halogenated alkanes) is 12. The smallest absolute Gasteiger partial charge is 0.463 e. The molecule has 220 valence electrons. The van der Waals surface area contributed by atoms with Crippen molar-refractivity contribution in [1.29, 1.82) is 0 Å². The molecule has 0 aliphatic rings. The van der Waals surface area contributed by atoms with E-state index in [9.17, 15) is 14.3 Å². The van der Waals surface area contributed by atoms with Gasteiger partial charge in [0.2, 0.25) is 0 Å². The van der Waals surface area contributed by atoms with Crippen LogP contribution in [0.1, 0.15) is 104 Å². The molecule has 0 radical (unpaired) electrons. The van der Waals surface area contributed by atoms with Gasteiger partial charge in [-0.05, 0) is 32.1 Å². The maximum absolute atomic E-state index is 12.1. The summed E-state index contributed by atoms with van der Waals surface area (Å²) >= 11 is 0. The molecule has 1 N–H and O–H groups in total. The van der Waals surface area contributed by atoms with E-state index in [1.807, 2.05) is 21.1 Å². The predicted octanol–water partition coefficient (Wildman–Crippen LogP) is 6.81. The van der Waals surface area contributed by atoms with Gasteiger partial charge in [-0.1, -0.05) is 76.9 Å². The van der Waals surface area contributed by atoms with Crippen molar-refractivity contribution in [2.24, 2.45) is 0 Å². The minimum Gasteiger partial charge on any atom is -0.463 e. The number of ether oxygens (including phenoxy) is 2. The molecule has 2 atom stereocenters. The molecule has 0 aromatic carbocycles. The van der Waals surface area contributed by atoms with Crippen LogP contribution in [0.4, 0.5) is 0 Å². The summed E-state index contributed by atoms with van der Waals surface area (Å²) < 4.78 is 33.6. The van der Waals surface area contributed by atoms with Crippen LogP contribution in [-0.4, -0.2) is 75.6 Å². The molecule has 0 aliphatic carbocycles. The Balaban J connectivity index is 3.90. The van der Waals surface area contributed by atoms with E-state index in [0.717, 1.165) is 32.1 Å². The molecular weight excluding hydrogens is 493 g/mol. The molecule has 9 heteroatoms. The minimum absolute atomic E-state index is 0.0299. The largest absolute Gasteiger partial charge is 0.472 e. The lowest BCUT2D eigenvalue weighted by Gasteiger charge is -2.24. The van der Waals surface area contributed by atoms with E-state index >= 15 is 0 Å². The van der Waals surface area contributed by atoms with Gasteiger partial charge in [-0.25, -0.2) is 4.57 Å². The molecule has 0 aliphatic heterocycles. The predicted molar refractivity (Wildman–Crippen MR) is 150 cm³/mol. The highest BCUT2D eigenvalue weighted by molar-refractivity contribution is 7.47. The third kappa shape index (κ3) is 28.1. The van der Waals surface area contributed by atoms with Crippen LogP contribution in [-0.2, 0) is 27.9 Å². The Morgan fingerprint density at radius 2 is 1.35 bits per heavy atom. The standard InChI is InChI=1S/C28H56NO7P/c1-6-7-8-9-10-11-12-13-14-15-16-17-18-19-20-21-23-33-28(25-34-27(2)30)26-36-37(31,32)35-24-22-29(3,4)5/h15-16,28H,6-14,17-26H2,1-5H3/p+1/b16-15-/t28-/m0/s1. The molecule has 1 unspecified atom stereocenters. The summed E-state index contributed by atoms with van der Waals surface area (Å²) in [6.45, 7) is 4.49. The summed E-state index contributed by atoms with van der Waals surface area (Å²) in [6.07, 6.45) is 21.4. The summed E-state index contributed by atoms with van der Waals surface area (Å²) in [5.74, 6) is -0.435. The zero-order valence-corrected chi connectivity index (χ0v) is 25.4. The SMILES string of the molecule is CCCCCCCCCC/C=C\CCCCCCO[C@@H](COC(C)=O)COP(=O)(O)OCC[N+](C)(C)C. The van der Waals surface area contributed by atoms with E-state index in [1.165, 1.54) is 64.7 Å². The van der Waals surface area contributed by atoms with E-state index in [1.54, 1.807) is 0 Å². The summed E-state index contributed by atoms with van der Waals surface area (Å²) in [4.78, 5) is 21.1. The Labute approximate surface area is 227 Å². The lowest BCUT2D eigenvalue weighted by Crippen LogP contribution is -2.37. The first-order valence-electron chi connectivity index (χ1n) is 14.4. The van der Waals surface area contributed by atoms with Crippen LogP contribution in [0.15, 0.2) is 12.2 Å². The van der Waals surface area contributed by atoms with Crippen LogP contribution in [0.5, 0.6) is 0 Å². The minimum atomic E-state index is -4.19. The highest BCUT2D eigenvalue weighted by atomic mass is 31.2. The van der Waals surface area contributed by atoms with Crippen LogP contribution < -0.4 is 0 Å². The van der Waals surface area contributed by atoms with E-state index in [-0.39, 0.29) is 19.8 Å². The molecule has 0 aromatic heterocycles. The van der Waals surface area contributed by atoms with Gasteiger partial charge >= 0.3 is 13.8 Å². The van der Waals surface area contributed by atoms with Gasteiger partial charge in [0.15, 0.2) is 0 Å². The van der Waals surface area contributed by atoms with E-state index < -0.39 is 19.9 Å². The molecule has 0 saturated heterocycles. The number of likely N-dealkylation sites (N-methyl/N-ethyl adjacent to an activating group) is 1. The Bertz CT molecular complexity index is 622. The summed E-state index contributed by atoms with van der Waals surface area (Å²) in [5.41, 5.74) is 0. The summed E-state index contributed by atoms with van der Waals surface area (Å²) in [5, 5.41) is 0. The Morgan fingerprint density at radius 1 is 0.811 bits per heavy atom. The fourth-order valence-corrected chi connectivity index (χ4v) is 4.34. The molecule has 0 saturated carbocycles. The Hall–Kier alpha value is -0.760. The van der Waals surface area contributed by atoms with Crippen LogP contribution in [0.2, 0.25) is 0 Å². The van der Waals surface area contributed by atoms with E-state index in [0.29, 0.717) is 17.6 Å². The first-order valence-corrected chi connectivity index (χ1v) is 15.9. The number of rotatable bonds is 26. The van der Waals surface area contributed by atoms with Crippen LogP contribution in [0.3, 0.4) is 0 Å². The molecule has 0 heterocycles. The van der Waals surface area contributed by atoms with Gasteiger partial charge in [0.1, 0.15) is 25.9 Å². The van der Waals surface area contributed by atoms with Crippen molar-refractivity contribution >= 4 is 13.8 Å². The molecule has 0 fully saturated rings. The second-order valence-electron chi connectivity index (χ2n) is 10.8. The van der Waals surface area contributed by atoms with Crippen molar-refractivity contribution in [1.82, 2.24) is 0 Å². The second-order valence-corrected chi connectivity index (χ2v) is 12.3. The number of hydrogen-bond acceptors (Lipinski definition) is 6. The fourth-order valence-electron chi connectivity index (χ4n) is 3.60. The Morgan fingerprint density at radius 3 is 1.89 bits per heavy atom. The van der Waals surface area contributed by atoms with Crippen LogP contribution in [0, 0.1) is 0 Å². The van der Waals surface area contributed by atoms with E-state index in [4.69, 9.17) is 18.5 Å². The monoisotopic (exact) mass is 550 g/mol. The van der Waals surface area contributed by atoms with Crippen molar-refractivity contribution < 1.29 is 37.3 Å². The number of allylic oxidation sites excluding steroid dienone is 2. The molecule has 0 bridgehead atoms. The van der Waals surface area contributed by atoms with Gasteiger partial charge in [0, 0.05) is 13.5 Å². The zero-order valence-electron chi connectivity index (χ0n) is 24.5. The topological polar surface area (TPSA) is 91.3 Å². The number of quaternary nitrogens is 1. The van der Waals surface area contributed by atoms with Gasteiger partial charge in [-0.3, -0.25) is 13.8 Å². The second kappa shape index (κ2) is 23.2. The highest BCUT2D eigenvalue weighted by Crippen LogP contribution is 2.43. The molecule has 37 heavy (non-hydrogen) atoms. The van der Waals surface area contributed by atoms with Crippen molar-refractivity contribution in [3.8, 4) is 0 Å². The third-order valence-corrected chi connectivity index (χ3v) is 6.91. The quantitative estimate of drug-likeness (QED) is 0.0416. The Kier molecular flexibility index (Phi) is 22.7. The first kappa shape index (κ1) is 36.2. The first-order chi connectivity index (χ1) is 17.6. The molecular formula is C28H57NO7P+. The third-order valence-electron chi connectivity index (χ3n) is 5.92. The lowest BCUT2D eigenvalue weighted by molar-refractivity contribution is -0.870. The average Bonchev–Trinajstić information content (AvgIpc) is 2.81. The van der Waals surface area contributed by atoms with Crippen LogP contribution in [0.25, 0.3) is 0 Å². The normalized spacial score (nSPS) is 14.6. The molecule has 8 nitrogen and oxygen atoms in total. The number of phosphoric acid groups is 1. The number of esters is 1. The maximum atomic E-state index is 12.1. The number of carbonyl (C=O) groups is 1. The van der Waals surface area contributed by atoms with Gasteiger partial charge in [0.25, 0.3) is 0 Å². The van der Waals surface area contributed by atoms with Gasteiger partial charge in [0.05, 0.1) is 27.7 Å². The van der Waals surface area contributed by atoms with Crippen molar-refractivity contribution in [2.45, 2.75) is 110 Å². The fraction of sp³-hybridized carbons (Fsp3) is 0.893. The number of phosphoric ester groups is 1. The average molecular weight is 551 g/mol. The molecule has 0 rings (SSSR count). The zero-order chi connectivity index (χ0) is 27.8. The van der Waals surface area contributed by atoms with Crippen molar-refractivity contribution in [2.75, 3.05) is 54.1 Å². The lowest BCUT2D eigenvalue weighted by atomic mass is 10.1. The number of nitrogens with zero attached hydrogens (tertiary/aromatic N) is 1. The van der Waals surface area contributed by atoms with Gasteiger partial charge in [-0.15, -0.1) is 0 Å². The van der Waals surface area contributed by atoms with Crippen molar-refractivity contribution in [3.05, 3.63) is 12.2 Å². The summed E-state index contributed by atoms with van der Waals surface area (Å²) in [6, 6.07) is 0. The number of hydrogen-bond donors (Lipinski definition) is 1. The van der Waals surface area contributed by atoms with E-state index in [2.05, 4.69) is 19.1 Å².